The maximum absolute atomic E-state index is 12.5. The number of anilines is 1. The number of rotatable bonds is 6. The highest BCUT2D eigenvalue weighted by Gasteiger charge is 2.16. The van der Waals surface area contributed by atoms with Crippen molar-refractivity contribution in [2.24, 2.45) is 0 Å². The van der Waals surface area contributed by atoms with Gasteiger partial charge in [0.25, 0.3) is 5.91 Å². The molecule has 0 atom stereocenters. The van der Waals surface area contributed by atoms with Crippen molar-refractivity contribution in [2.75, 3.05) is 5.73 Å². The fourth-order valence-electron chi connectivity index (χ4n) is 2.52. The summed E-state index contributed by atoms with van der Waals surface area (Å²) in [7, 11) is 0. The largest absolute Gasteiger partial charge is 0.398 e. The highest BCUT2D eigenvalue weighted by molar-refractivity contribution is 5.99. The van der Waals surface area contributed by atoms with Crippen LogP contribution < -0.4 is 11.2 Å². The number of pyridine rings is 1. The summed E-state index contributed by atoms with van der Waals surface area (Å²) in [6.07, 6.45) is 2.13. The van der Waals surface area contributed by atoms with Crippen LogP contribution in [0.3, 0.4) is 0 Å². The molecule has 126 valence electrons. The van der Waals surface area contributed by atoms with E-state index in [-0.39, 0.29) is 6.61 Å². The summed E-state index contributed by atoms with van der Waals surface area (Å²) in [4.78, 5) is 22.1. The minimum absolute atomic E-state index is 0.279. The van der Waals surface area contributed by atoms with Crippen LogP contribution in [0.15, 0.2) is 72.9 Å². The lowest BCUT2D eigenvalue weighted by atomic mass is 10.0. The van der Waals surface area contributed by atoms with Crippen LogP contribution in [0.4, 0.5) is 5.69 Å². The molecule has 25 heavy (non-hydrogen) atoms. The standard InChI is InChI=1S/C20H19N3O2/c21-17-11-12-22-18(13-15-7-3-1-4-8-15)19(17)20(24)23-25-14-16-9-5-2-6-10-16/h1-12H,13-14H2,(H2,21,22)(H,23,24). The molecule has 5 nitrogen and oxygen atoms in total. The van der Waals surface area contributed by atoms with E-state index in [4.69, 9.17) is 10.6 Å². The van der Waals surface area contributed by atoms with Crippen molar-refractivity contribution in [3.05, 3.63) is 95.3 Å². The number of aromatic nitrogens is 1. The van der Waals surface area contributed by atoms with Crippen molar-refractivity contribution in [2.45, 2.75) is 13.0 Å². The van der Waals surface area contributed by atoms with Crippen LogP contribution >= 0.6 is 0 Å². The average Bonchev–Trinajstić information content (AvgIpc) is 2.63. The Morgan fingerprint density at radius 3 is 2.28 bits per heavy atom. The van der Waals surface area contributed by atoms with E-state index in [1.807, 2.05) is 60.7 Å². The first-order valence-corrected chi connectivity index (χ1v) is 7.97. The van der Waals surface area contributed by atoms with Crippen molar-refractivity contribution in [1.29, 1.82) is 0 Å². The third kappa shape index (κ3) is 4.43. The molecule has 0 fully saturated rings. The van der Waals surface area contributed by atoms with Gasteiger partial charge in [0.1, 0.15) is 0 Å². The topological polar surface area (TPSA) is 77.2 Å². The van der Waals surface area contributed by atoms with Crippen molar-refractivity contribution >= 4 is 11.6 Å². The second-order valence-electron chi connectivity index (χ2n) is 5.59. The molecule has 2 aromatic carbocycles. The molecule has 3 N–H and O–H groups in total. The summed E-state index contributed by atoms with van der Waals surface area (Å²) in [6, 6.07) is 21.0. The number of hydrogen-bond donors (Lipinski definition) is 2. The van der Waals surface area contributed by atoms with E-state index in [2.05, 4.69) is 10.5 Å². The minimum atomic E-state index is -0.396. The molecule has 0 bridgehead atoms. The molecule has 1 amide bonds. The van der Waals surface area contributed by atoms with E-state index >= 15 is 0 Å². The molecule has 0 saturated heterocycles. The zero-order valence-corrected chi connectivity index (χ0v) is 13.7. The van der Waals surface area contributed by atoms with Crippen LogP contribution in [0, 0.1) is 0 Å². The average molecular weight is 333 g/mol. The SMILES string of the molecule is Nc1ccnc(Cc2ccccc2)c1C(=O)NOCc1ccccc1. The summed E-state index contributed by atoms with van der Waals surface area (Å²) in [5.41, 5.74) is 11.8. The van der Waals surface area contributed by atoms with E-state index in [0.29, 0.717) is 23.4 Å². The fraction of sp³-hybridized carbons (Fsp3) is 0.100. The lowest BCUT2D eigenvalue weighted by molar-refractivity contribution is 0.0233. The molecule has 0 spiro atoms. The minimum Gasteiger partial charge on any atom is -0.398 e. The van der Waals surface area contributed by atoms with Gasteiger partial charge in [0, 0.05) is 18.3 Å². The van der Waals surface area contributed by atoms with Gasteiger partial charge < -0.3 is 5.73 Å². The Morgan fingerprint density at radius 2 is 1.60 bits per heavy atom. The molecular weight excluding hydrogens is 314 g/mol. The summed E-state index contributed by atoms with van der Waals surface area (Å²) in [5, 5.41) is 0. The maximum atomic E-state index is 12.5. The number of nitrogens with one attached hydrogen (secondary N) is 1. The zero-order valence-electron chi connectivity index (χ0n) is 13.7. The highest BCUT2D eigenvalue weighted by Crippen LogP contribution is 2.18. The smallest absolute Gasteiger partial charge is 0.278 e. The van der Waals surface area contributed by atoms with Crippen molar-refractivity contribution < 1.29 is 9.63 Å². The number of nitrogens with zero attached hydrogens (tertiary/aromatic N) is 1. The van der Waals surface area contributed by atoms with Gasteiger partial charge >= 0.3 is 0 Å². The zero-order chi connectivity index (χ0) is 17.5. The van der Waals surface area contributed by atoms with Gasteiger partial charge in [-0.1, -0.05) is 60.7 Å². The number of carbonyl (C=O) groups excluding carboxylic acids is 1. The first kappa shape index (κ1) is 16.7. The van der Waals surface area contributed by atoms with Crippen LogP contribution in [0.1, 0.15) is 27.2 Å². The van der Waals surface area contributed by atoms with E-state index < -0.39 is 5.91 Å². The highest BCUT2D eigenvalue weighted by atomic mass is 16.6. The van der Waals surface area contributed by atoms with Gasteiger partial charge in [0.2, 0.25) is 0 Å². The lowest BCUT2D eigenvalue weighted by Crippen LogP contribution is -2.26. The van der Waals surface area contributed by atoms with Gasteiger partial charge in [0.15, 0.2) is 0 Å². The number of nitrogen functional groups attached to an aromatic ring is 1. The van der Waals surface area contributed by atoms with Crippen LogP contribution in [0.2, 0.25) is 0 Å². The number of nitrogens with two attached hydrogens (primary N) is 1. The molecule has 1 heterocycles. The van der Waals surface area contributed by atoms with Crippen LogP contribution in [0.5, 0.6) is 0 Å². The Kier molecular flexibility index (Phi) is 5.39. The van der Waals surface area contributed by atoms with Crippen molar-refractivity contribution in [1.82, 2.24) is 10.5 Å². The van der Waals surface area contributed by atoms with Crippen molar-refractivity contribution in [3.8, 4) is 0 Å². The third-order valence-electron chi connectivity index (χ3n) is 3.75. The van der Waals surface area contributed by atoms with E-state index in [0.717, 1.165) is 11.1 Å². The van der Waals surface area contributed by atoms with E-state index in [1.54, 1.807) is 12.3 Å². The van der Waals surface area contributed by atoms with Crippen LogP contribution in [-0.4, -0.2) is 10.9 Å². The predicted molar refractivity (Wildman–Crippen MR) is 96.6 cm³/mol. The summed E-state index contributed by atoms with van der Waals surface area (Å²) in [5.74, 6) is -0.396. The molecule has 0 radical (unpaired) electrons. The molecule has 0 saturated carbocycles. The van der Waals surface area contributed by atoms with Gasteiger partial charge in [-0.3, -0.25) is 14.6 Å². The van der Waals surface area contributed by atoms with E-state index in [9.17, 15) is 4.79 Å². The first-order valence-electron chi connectivity index (χ1n) is 7.97. The van der Waals surface area contributed by atoms with Gasteiger partial charge in [-0.25, -0.2) is 5.48 Å². The summed E-state index contributed by atoms with van der Waals surface area (Å²) in [6.45, 7) is 0.279. The molecule has 0 aliphatic rings. The van der Waals surface area contributed by atoms with Gasteiger partial charge in [-0.2, -0.15) is 0 Å². The van der Waals surface area contributed by atoms with Gasteiger partial charge in [-0.05, 0) is 17.2 Å². The molecule has 0 unspecified atom stereocenters. The first-order chi connectivity index (χ1) is 12.2. The molecule has 3 aromatic rings. The third-order valence-corrected chi connectivity index (χ3v) is 3.75. The molecule has 5 heteroatoms. The Hall–Kier alpha value is -3.18. The Bertz CT molecular complexity index is 836. The number of amides is 1. The Balaban J connectivity index is 1.71. The second-order valence-corrected chi connectivity index (χ2v) is 5.59. The summed E-state index contributed by atoms with van der Waals surface area (Å²) >= 11 is 0. The fourth-order valence-corrected chi connectivity index (χ4v) is 2.52. The molecule has 0 aliphatic heterocycles. The quantitative estimate of drug-likeness (QED) is 0.680. The number of hydroxylamine groups is 1. The monoisotopic (exact) mass is 333 g/mol. The van der Waals surface area contributed by atoms with Gasteiger partial charge in [0.05, 0.1) is 17.9 Å². The van der Waals surface area contributed by atoms with Crippen LogP contribution in [0.25, 0.3) is 0 Å². The normalized spacial score (nSPS) is 10.4. The molecule has 3 rings (SSSR count). The van der Waals surface area contributed by atoms with Crippen LogP contribution in [-0.2, 0) is 17.9 Å². The molecule has 0 aliphatic carbocycles. The van der Waals surface area contributed by atoms with Crippen molar-refractivity contribution in [3.63, 3.8) is 0 Å². The Labute approximate surface area is 146 Å². The predicted octanol–water partition coefficient (Wildman–Crippen LogP) is 3.12. The van der Waals surface area contributed by atoms with E-state index in [1.165, 1.54) is 0 Å². The Morgan fingerprint density at radius 1 is 0.960 bits per heavy atom. The van der Waals surface area contributed by atoms with Gasteiger partial charge in [-0.15, -0.1) is 0 Å². The number of benzene rings is 2. The second kappa shape index (κ2) is 8.08. The summed E-state index contributed by atoms with van der Waals surface area (Å²) < 4.78 is 0. The number of carbonyl (C=O) groups is 1. The number of hydrogen-bond acceptors (Lipinski definition) is 4. The molecule has 1 aromatic heterocycles. The lowest BCUT2D eigenvalue weighted by Gasteiger charge is -2.12. The maximum Gasteiger partial charge on any atom is 0.278 e. The molecular formula is C20H19N3O2.